The molecule has 0 saturated heterocycles. The summed E-state index contributed by atoms with van der Waals surface area (Å²) in [4.78, 5) is 26.3. The van der Waals surface area contributed by atoms with E-state index in [1.807, 2.05) is 0 Å². The van der Waals surface area contributed by atoms with Crippen LogP contribution < -0.4 is 5.32 Å². The van der Waals surface area contributed by atoms with Gasteiger partial charge in [0.15, 0.2) is 5.15 Å². The van der Waals surface area contributed by atoms with Crippen molar-refractivity contribution in [1.29, 1.82) is 0 Å². The van der Waals surface area contributed by atoms with Crippen LogP contribution in [0.1, 0.15) is 52.1 Å². The van der Waals surface area contributed by atoms with Gasteiger partial charge in [-0.2, -0.15) is 5.10 Å². The number of nitrogens with one attached hydrogen (secondary N) is 1. The zero-order chi connectivity index (χ0) is 17.4. The number of carbonyl (C=O) groups excluding carboxylic acids is 2. The second kappa shape index (κ2) is 6.44. The predicted octanol–water partition coefficient (Wildman–Crippen LogP) is 3.28. The van der Waals surface area contributed by atoms with Gasteiger partial charge >= 0.3 is 0 Å². The number of amides is 2. The quantitative estimate of drug-likeness (QED) is 0.851. The van der Waals surface area contributed by atoms with Crippen LogP contribution in [0.2, 0.25) is 5.15 Å². The molecule has 0 spiro atoms. The van der Waals surface area contributed by atoms with E-state index in [1.165, 1.54) is 17.7 Å². The predicted molar refractivity (Wildman–Crippen MR) is 93.6 cm³/mol. The molecule has 7 heteroatoms. The summed E-state index contributed by atoms with van der Waals surface area (Å²) in [5.41, 5.74) is 2.15. The lowest BCUT2D eigenvalue weighted by atomic mass is 10.1. The number of fused-ring (bicyclic) bond motifs is 1. The van der Waals surface area contributed by atoms with E-state index in [9.17, 15) is 9.59 Å². The van der Waals surface area contributed by atoms with Crippen LogP contribution in [-0.2, 0) is 6.54 Å². The zero-order valence-electron chi connectivity index (χ0n) is 13.5. The molecule has 1 saturated carbocycles. The van der Waals surface area contributed by atoms with Gasteiger partial charge in [0.1, 0.15) is 5.69 Å². The van der Waals surface area contributed by atoms with Gasteiger partial charge in [0, 0.05) is 12.1 Å². The van der Waals surface area contributed by atoms with Crippen LogP contribution in [0.3, 0.4) is 0 Å². The molecule has 2 aliphatic rings. The molecule has 1 aromatic carbocycles. The lowest BCUT2D eigenvalue weighted by molar-refractivity contribution is 0.0640. The fourth-order valence-corrected chi connectivity index (χ4v) is 3.60. The molecule has 2 aromatic rings. The van der Waals surface area contributed by atoms with Crippen molar-refractivity contribution < 1.29 is 9.59 Å². The van der Waals surface area contributed by atoms with Gasteiger partial charge in [0.25, 0.3) is 11.8 Å². The van der Waals surface area contributed by atoms with Crippen molar-refractivity contribution in [2.24, 2.45) is 0 Å². The first-order valence-corrected chi connectivity index (χ1v) is 8.75. The fraction of sp³-hybridized carbons (Fsp3) is 0.333. The third kappa shape index (κ3) is 2.98. The van der Waals surface area contributed by atoms with E-state index >= 15 is 0 Å². The summed E-state index contributed by atoms with van der Waals surface area (Å²) in [6.45, 7) is 0.0750. The summed E-state index contributed by atoms with van der Waals surface area (Å²) in [7, 11) is 0. The van der Waals surface area contributed by atoms with E-state index in [1.54, 1.807) is 30.3 Å². The highest BCUT2D eigenvalue weighted by atomic mass is 35.5. The summed E-state index contributed by atoms with van der Waals surface area (Å²) in [5, 5.41) is 11.7. The van der Waals surface area contributed by atoms with Crippen molar-refractivity contribution in [3.8, 4) is 0 Å². The summed E-state index contributed by atoms with van der Waals surface area (Å²) in [6.07, 6.45) is 4.56. The molecular formula is C18H17ClN4O2. The molecule has 128 valence electrons. The Labute approximate surface area is 150 Å². The molecule has 1 fully saturated rings. The van der Waals surface area contributed by atoms with E-state index in [2.05, 4.69) is 15.5 Å². The summed E-state index contributed by atoms with van der Waals surface area (Å²) >= 11 is 5.99. The van der Waals surface area contributed by atoms with Crippen LogP contribution in [0.5, 0.6) is 0 Å². The van der Waals surface area contributed by atoms with Crippen LogP contribution in [0.25, 0.3) is 0 Å². The Morgan fingerprint density at radius 1 is 1.08 bits per heavy atom. The number of nitrogens with zero attached hydrogens (tertiary/aromatic N) is 3. The molecule has 1 aliphatic carbocycles. The lowest BCUT2D eigenvalue weighted by Gasteiger charge is -2.19. The molecule has 25 heavy (non-hydrogen) atoms. The van der Waals surface area contributed by atoms with Gasteiger partial charge in [0.05, 0.1) is 23.4 Å². The molecule has 1 N–H and O–H groups in total. The minimum atomic E-state index is -0.302. The Kier molecular flexibility index (Phi) is 4.13. The highest BCUT2D eigenvalue weighted by Crippen LogP contribution is 2.28. The Balaban J connectivity index is 1.61. The van der Waals surface area contributed by atoms with Crippen molar-refractivity contribution in [3.63, 3.8) is 0 Å². The second-order valence-electron chi connectivity index (χ2n) is 6.40. The number of anilines is 1. The van der Waals surface area contributed by atoms with E-state index in [0.717, 1.165) is 18.5 Å². The number of hydrogen-bond donors (Lipinski definition) is 1. The number of hydrogen-bond acceptors (Lipinski definition) is 5. The maximum atomic E-state index is 12.5. The van der Waals surface area contributed by atoms with Crippen molar-refractivity contribution in [1.82, 2.24) is 15.1 Å². The summed E-state index contributed by atoms with van der Waals surface area (Å²) < 4.78 is 0. The van der Waals surface area contributed by atoms with Gasteiger partial charge in [-0.05, 0) is 25.0 Å². The average Bonchev–Trinajstić information content (AvgIpc) is 3.20. The van der Waals surface area contributed by atoms with Crippen LogP contribution in [0, 0.1) is 0 Å². The maximum Gasteiger partial charge on any atom is 0.261 e. The number of halogens is 1. The van der Waals surface area contributed by atoms with Crippen molar-refractivity contribution in [2.45, 2.75) is 38.3 Å². The minimum Gasteiger partial charge on any atom is -0.381 e. The summed E-state index contributed by atoms with van der Waals surface area (Å²) in [5.74, 6) is -0.603. The Morgan fingerprint density at radius 2 is 1.72 bits per heavy atom. The van der Waals surface area contributed by atoms with Gasteiger partial charge in [0.2, 0.25) is 0 Å². The van der Waals surface area contributed by atoms with Crippen LogP contribution in [0.4, 0.5) is 5.69 Å². The maximum absolute atomic E-state index is 12.5. The molecule has 0 bridgehead atoms. The molecule has 4 rings (SSSR count). The van der Waals surface area contributed by atoms with Crippen molar-refractivity contribution >= 4 is 29.1 Å². The third-order valence-corrected chi connectivity index (χ3v) is 4.93. The van der Waals surface area contributed by atoms with Crippen LogP contribution in [0.15, 0.2) is 30.3 Å². The zero-order valence-corrected chi connectivity index (χ0v) is 14.3. The number of imide groups is 1. The third-order valence-electron chi connectivity index (χ3n) is 4.74. The van der Waals surface area contributed by atoms with E-state index in [4.69, 9.17) is 11.6 Å². The van der Waals surface area contributed by atoms with E-state index in [0.29, 0.717) is 22.9 Å². The Bertz CT molecular complexity index is 814. The SMILES string of the molecule is O=C1c2ccccc2C(=O)N1Cc1nnc(Cl)cc1NC1CCCC1. The molecule has 6 nitrogen and oxygen atoms in total. The second-order valence-corrected chi connectivity index (χ2v) is 6.78. The smallest absolute Gasteiger partial charge is 0.261 e. The molecule has 0 atom stereocenters. The minimum absolute atomic E-state index is 0.0750. The monoisotopic (exact) mass is 356 g/mol. The highest BCUT2D eigenvalue weighted by Gasteiger charge is 2.36. The van der Waals surface area contributed by atoms with Gasteiger partial charge in [-0.3, -0.25) is 14.5 Å². The number of aromatic nitrogens is 2. The van der Waals surface area contributed by atoms with Crippen LogP contribution >= 0.6 is 11.6 Å². The van der Waals surface area contributed by atoms with Crippen molar-refractivity contribution in [3.05, 3.63) is 52.3 Å². The fourth-order valence-electron chi connectivity index (χ4n) is 3.46. The molecule has 1 aromatic heterocycles. The first kappa shape index (κ1) is 16.0. The van der Waals surface area contributed by atoms with Gasteiger partial charge in [-0.25, -0.2) is 0 Å². The molecular weight excluding hydrogens is 340 g/mol. The van der Waals surface area contributed by atoms with Crippen molar-refractivity contribution in [2.75, 3.05) is 5.32 Å². The Morgan fingerprint density at radius 3 is 2.36 bits per heavy atom. The molecule has 1 aliphatic heterocycles. The number of carbonyl (C=O) groups is 2. The van der Waals surface area contributed by atoms with Gasteiger partial charge in [-0.1, -0.05) is 36.6 Å². The molecule has 0 unspecified atom stereocenters. The lowest BCUT2D eigenvalue weighted by Crippen LogP contribution is -2.30. The normalized spacial score (nSPS) is 17.2. The van der Waals surface area contributed by atoms with E-state index in [-0.39, 0.29) is 23.5 Å². The standard InChI is InChI=1S/C18H17ClN4O2/c19-16-9-14(20-11-5-1-2-6-11)15(21-22-16)10-23-17(24)12-7-3-4-8-13(12)18(23)25/h3-4,7-9,11H,1-2,5-6,10H2,(H,20,22). The Hall–Kier alpha value is -2.47. The molecule has 2 amide bonds. The summed E-state index contributed by atoms with van der Waals surface area (Å²) in [6, 6.07) is 8.91. The highest BCUT2D eigenvalue weighted by molar-refractivity contribution is 6.29. The topological polar surface area (TPSA) is 75.2 Å². The largest absolute Gasteiger partial charge is 0.381 e. The average molecular weight is 357 g/mol. The molecule has 2 heterocycles. The number of benzene rings is 1. The molecule has 0 radical (unpaired) electrons. The van der Waals surface area contributed by atoms with Gasteiger partial charge in [-0.15, -0.1) is 5.10 Å². The first-order chi connectivity index (χ1) is 12.1. The van der Waals surface area contributed by atoms with Gasteiger partial charge < -0.3 is 5.32 Å². The van der Waals surface area contributed by atoms with Crippen LogP contribution in [-0.4, -0.2) is 33.0 Å². The van der Waals surface area contributed by atoms with E-state index < -0.39 is 0 Å². The first-order valence-electron chi connectivity index (χ1n) is 8.37. The number of rotatable bonds is 4.